The van der Waals surface area contributed by atoms with Crippen molar-refractivity contribution in [2.45, 2.75) is 12.3 Å². The number of rotatable bonds is 4. The lowest BCUT2D eigenvalue weighted by Gasteiger charge is -2.34. The summed E-state index contributed by atoms with van der Waals surface area (Å²) in [6.45, 7) is 0.574. The molecule has 0 unspecified atom stereocenters. The molecule has 1 fully saturated rings. The summed E-state index contributed by atoms with van der Waals surface area (Å²) in [4.78, 5) is 12.7. The van der Waals surface area contributed by atoms with E-state index in [4.69, 9.17) is 28.4 Å². The highest BCUT2D eigenvalue weighted by molar-refractivity contribution is 5.78. The number of fused-ring (bicyclic) bond motifs is 3. The van der Waals surface area contributed by atoms with Gasteiger partial charge in [0, 0.05) is 11.8 Å². The maximum absolute atomic E-state index is 12.7. The largest absolute Gasteiger partial charge is 0.493 e. The van der Waals surface area contributed by atoms with Crippen molar-refractivity contribution in [2.75, 3.05) is 34.7 Å². The normalized spacial score (nSPS) is 23.8. The third-order valence-electron chi connectivity index (χ3n) is 6.08. The van der Waals surface area contributed by atoms with Crippen LogP contribution in [0.1, 0.15) is 22.6 Å². The van der Waals surface area contributed by atoms with E-state index in [1.165, 1.54) is 0 Å². The lowest BCUT2D eigenvalue weighted by atomic mass is 9.67. The third kappa shape index (κ3) is 2.68. The number of benzene rings is 2. The quantitative estimate of drug-likeness (QED) is 0.733. The molecule has 152 valence electrons. The summed E-state index contributed by atoms with van der Waals surface area (Å²) in [5.41, 5.74) is 3.08. The Morgan fingerprint density at radius 2 is 1.66 bits per heavy atom. The van der Waals surface area contributed by atoms with E-state index in [0.717, 1.165) is 23.1 Å². The first-order valence-electron chi connectivity index (χ1n) is 9.53. The van der Waals surface area contributed by atoms with Gasteiger partial charge >= 0.3 is 5.97 Å². The van der Waals surface area contributed by atoms with Crippen LogP contribution in [0.15, 0.2) is 24.3 Å². The lowest BCUT2D eigenvalue weighted by Crippen LogP contribution is -2.31. The molecule has 5 rings (SSSR count). The summed E-state index contributed by atoms with van der Waals surface area (Å²) < 4.78 is 33.2. The van der Waals surface area contributed by atoms with Gasteiger partial charge < -0.3 is 28.4 Å². The molecule has 3 aliphatic rings. The van der Waals surface area contributed by atoms with Crippen LogP contribution in [0.5, 0.6) is 28.7 Å². The second-order valence-corrected chi connectivity index (χ2v) is 7.46. The van der Waals surface area contributed by atoms with Crippen LogP contribution in [-0.4, -0.2) is 40.7 Å². The zero-order valence-electron chi connectivity index (χ0n) is 16.5. The predicted molar refractivity (Wildman–Crippen MR) is 102 cm³/mol. The first-order valence-corrected chi connectivity index (χ1v) is 9.53. The fourth-order valence-corrected chi connectivity index (χ4v) is 4.77. The predicted octanol–water partition coefficient (Wildman–Crippen LogP) is 2.92. The minimum absolute atomic E-state index is 0.106. The molecule has 7 nitrogen and oxygen atoms in total. The second kappa shape index (κ2) is 6.76. The summed E-state index contributed by atoms with van der Waals surface area (Å²) in [5.74, 6) is 2.57. The van der Waals surface area contributed by atoms with Gasteiger partial charge in [-0.25, -0.2) is 0 Å². The van der Waals surface area contributed by atoms with Crippen LogP contribution in [0.3, 0.4) is 0 Å². The van der Waals surface area contributed by atoms with Crippen LogP contribution in [0.25, 0.3) is 0 Å². The minimum Gasteiger partial charge on any atom is -0.493 e. The molecule has 0 amide bonds. The van der Waals surface area contributed by atoms with Crippen molar-refractivity contribution in [1.82, 2.24) is 0 Å². The Bertz CT molecular complexity index is 984. The van der Waals surface area contributed by atoms with E-state index in [2.05, 4.69) is 0 Å². The highest BCUT2D eigenvalue weighted by Gasteiger charge is 2.48. The fourth-order valence-electron chi connectivity index (χ4n) is 4.77. The first kappa shape index (κ1) is 18.0. The molecule has 0 spiro atoms. The third-order valence-corrected chi connectivity index (χ3v) is 6.08. The minimum atomic E-state index is -0.273. The van der Waals surface area contributed by atoms with Gasteiger partial charge in [-0.15, -0.1) is 0 Å². The van der Waals surface area contributed by atoms with Gasteiger partial charge in [0.1, 0.15) is 0 Å². The number of cyclic esters (lactones) is 1. The van der Waals surface area contributed by atoms with Crippen LogP contribution in [-0.2, 0) is 16.0 Å². The number of hydrogen-bond acceptors (Lipinski definition) is 7. The van der Waals surface area contributed by atoms with Gasteiger partial charge in [0.2, 0.25) is 12.5 Å². The van der Waals surface area contributed by atoms with Crippen molar-refractivity contribution >= 4 is 5.97 Å². The topological polar surface area (TPSA) is 72.5 Å². The summed E-state index contributed by atoms with van der Waals surface area (Å²) in [5, 5.41) is 0. The highest BCUT2D eigenvalue weighted by Crippen LogP contribution is 2.52. The average molecular weight is 398 g/mol. The Kier molecular flexibility index (Phi) is 4.19. The molecule has 1 aliphatic carbocycles. The van der Waals surface area contributed by atoms with Crippen molar-refractivity contribution in [3.8, 4) is 28.7 Å². The van der Waals surface area contributed by atoms with Gasteiger partial charge in [0.25, 0.3) is 0 Å². The zero-order valence-corrected chi connectivity index (χ0v) is 16.5. The molecule has 29 heavy (non-hydrogen) atoms. The SMILES string of the molecule is COc1cc2c(cc1OC)[C@@H](c1cc(OC)c3c(c1)OCO3)[C@H]1C(=O)OC[C@@H]1C2. The molecule has 2 heterocycles. The van der Waals surface area contributed by atoms with Gasteiger partial charge in [0.15, 0.2) is 23.0 Å². The summed E-state index contributed by atoms with van der Waals surface area (Å²) in [6, 6.07) is 7.83. The fraction of sp³-hybridized carbons (Fsp3) is 0.409. The standard InChI is InChI=1S/C22H22O7/c1-24-15-5-11-4-13-9-27-22(23)20(13)19(14(11)8-16(15)25-2)12-6-17(26-3)21-18(7-12)28-10-29-21/h5-8,13,19-20H,4,9-10H2,1-3H3/t13-,19+,20-/m0/s1. The van der Waals surface area contributed by atoms with Gasteiger partial charge in [-0.2, -0.15) is 0 Å². The number of carbonyl (C=O) groups is 1. The molecule has 3 atom stereocenters. The number of esters is 1. The van der Waals surface area contributed by atoms with Crippen LogP contribution >= 0.6 is 0 Å². The molecule has 1 saturated heterocycles. The molecule has 0 radical (unpaired) electrons. The zero-order chi connectivity index (χ0) is 20.1. The number of methoxy groups -OCH3 is 3. The van der Waals surface area contributed by atoms with Crippen molar-refractivity contribution in [2.24, 2.45) is 11.8 Å². The van der Waals surface area contributed by atoms with Crippen molar-refractivity contribution < 1.29 is 33.2 Å². The van der Waals surface area contributed by atoms with E-state index in [9.17, 15) is 4.79 Å². The van der Waals surface area contributed by atoms with Gasteiger partial charge in [-0.1, -0.05) is 0 Å². The van der Waals surface area contributed by atoms with Crippen LogP contribution < -0.4 is 23.7 Å². The van der Waals surface area contributed by atoms with Crippen LogP contribution in [0.4, 0.5) is 0 Å². The maximum atomic E-state index is 12.7. The Labute approximate surface area is 168 Å². The Morgan fingerprint density at radius 1 is 0.897 bits per heavy atom. The van der Waals surface area contributed by atoms with Crippen LogP contribution in [0, 0.1) is 11.8 Å². The summed E-state index contributed by atoms with van der Waals surface area (Å²) in [7, 11) is 4.83. The van der Waals surface area contributed by atoms with E-state index < -0.39 is 0 Å². The van der Waals surface area contributed by atoms with E-state index in [-0.39, 0.29) is 30.5 Å². The van der Waals surface area contributed by atoms with Crippen LogP contribution in [0.2, 0.25) is 0 Å². The number of ether oxygens (including phenoxy) is 6. The van der Waals surface area contributed by atoms with Gasteiger partial charge in [0.05, 0.1) is 33.9 Å². The number of carbonyl (C=O) groups excluding carboxylic acids is 1. The van der Waals surface area contributed by atoms with Crippen molar-refractivity contribution in [3.63, 3.8) is 0 Å². The summed E-state index contributed by atoms with van der Waals surface area (Å²) >= 11 is 0. The van der Waals surface area contributed by atoms with Gasteiger partial charge in [-0.05, 0) is 47.4 Å². The Hall–Kier alpha value is -3.09. The molecular weight excluding hydrogens is 376 g/mol. The number of hydrogen-bond donors (Lipinski definition) is 0. The summed E-state index contributed by atoms with van der Waals surface area (Å²) in [6.07, 6.45) is 0.754. The first-order chi connectivity index (χ1) is 14.1. The molecule has 7 heteroatoms. The molecule has 2 aliphatic heterocycles. The van der Waals surface area contributed by atoms with Crippen molar-refractivity contribution in [3.05, 3.63) is 41.0 Å². The lowest BCUT2D eigenvalue weighted by molar-refractivity contribution is -0.141. The molecule has 0 N–H and O–H groups in total. The molecule has 2 aromatic rings. The van der Waals surface area contributed by atoms with E-state index in [1.807, 2.05) is 24.3 Å². The van der Waals surface area contributed by atoms with E-state index >= 15 is 0 Å². The molecule has 0 bridgehead atoms. The molecule has 2 aromatic carbocycles. The Morgan fingerprint density at radius 3 is 2.41 bits per heavy atom. The smallest absolute Gasteiger partial charge is 0.310 e. The second-order valence-electron chi connectivity index (χ2n) is 7.46. The highest BCUT2D eigenvalue weighted by atomic mass is 16.7. The molecular formula is C22H22O7. The van der Waals surface area contributed by atoms with E-state index in [1.54, 1.807) is 21.3 Å². The van der Waals surface area contributed by atoms with E-state index in [0.29, 0.717) is 35.4 Å². The van der Waals surface area contributed by atoms with Crippen molar-refractivity contribution in [1.29, 1.82) is 0 Å². The Balaban J connectivity index is 1.71. The van der Waals surface area contributed by atoms with Gasteiger partial charge in [-0.3, -0.25) is 4.79 Å². The molecule has 0 aromatic heterocycles. The molecule has 0 saturated carbocycles. The monoisotopic (exact) mass is 398 g/mol. The maximum Gasteiger partial charge on any atom is 0.310 e. The average Bonchev–Trinajstić information content (AvgIpc) is 3.37.